The van der Waals surface area contributed by atoms with Crippen LogP contribution in [0, 0.1) is 6.92 Å². The second-order valence-corrected chi connectivity index (χ2v) is 6.07. The third-order valence-corrected chi connectivity index (χ3v) is 4.34. The Labute approximate surface area is 161 Å². The maximum Gasteiger partial charge on any atom is 0.191 e. The van der Waals surface area contributed by atoms with Crippen molar-refractivity contribution in [2.75, 3.05) is 13.6 Å². The van der Waals surface area contributed by atoms with Crippen molar-refractivity contribution >= 4 is 29.9 Å². The molecular weight excluding hydrogens is 413 g/mol. The number of hydrogen-bond donors (Lipinski definition) is 2. The number of halogens is 1. The van der Waals surface area contributed by atoms with E-state index >= 15 is 0 Å². The molecule has 2 unspecified atom stereocenters. The molecule has 0 bridgehead atoms. The van der Waals surface area contributed by atoms with Gasteiger partial charge in [0.15, 0.2) is 5.96 Å². The van der Waals surface area contributed by atoms with Gasteiger partial charge in [-0.1, -0.05) is 24.3 Å². The van der Waals surface area contributed by atoms with Crippen molar-refractivity contribution in [1.29, 1.82) is 0 Å². The summed E-state index contributed by atoms with van der Waals surface area (Å²) in [5.74, 6) is 1.50. The molecule has 0 radical (unpaired) electrons. The Morgan fingerprint density at radius 3 is 2.88 bits per heavy atom. The summed E-state index contributed by atoms with van der Waals surface area (Å²) in [6.45, 7) is 4.00. The van der Waals surface area contributed by atoms with Crippen LogP contribution in [0.25, 0.3) is 0 Å². The molecule has 130 valence electrons. The van der Waals surface area contributed by atoms with Crippen molar-refractivity contribution in [2.24, 2.45) is 4.99 Å². The lowest BCUT2D eigenvalue weighted by Crippen LogP contribution is -2.39. The molecule has 24 heavy (non-hydrogen) atoms. The maximum atomic E-state index is 4.33. The molecule has 1 aromatic heterocycles. The van der Waals surface area contributed by atoms with Crippen molar-refractivity contribution in [3.05, 3.63) is 53.9 Å². The normalized spacial score (nSPS) is 19.5. The van der Waals surface area contributed by atoms with Gasteiger partial charge in [-0.2, -0.15) is 5.10 Å². The lowest BCUT2D eigenvalue weighted by Gasteiger charge is -2.12. The van der Waals surface area contributed by atoms with Crippen molar-refractivity contribution in [3.63, 3.8) is 0 Å². The van der Waals surface area contributed by atoms with Crippen LogP contribution >= 0.6 is 24.0 Å². The highest BCUT2D eigenvalue weighted by atomic mass is 127. The highest BCUT2D eigenvalue weighted by Crippen LogP contribution is 2.41. The van der Waals surface area contributed by atoms with E-state index in [0.717, 1.165) is 25.5 Å². The van der Waals surface area contributed by atoms with Crippen molar-refractivity contribution in [3.8, 4) is 0 Å². The fraction of sp³-hybridized carbons (Fsp3) is 0.444. The number of nitrogens with zero attached hydrogens (tertiary/aromatic N) is 3. The molecule has 1 aliphatic rings. The van der Waals surface area contributed by atoms with Crippen molar-refractivity contribution in [2.45, 2.75) is 38.3 Å². The van der Waals surface area contributed by atoms with Gasteiger partial charge in [0.2, 0.25) is 0 Å². The van der Waals surface area contributed by atoms with Crippen LogP contribution < -0.4 is 10.6 Å². The van der Waals surface area contributed by atoms with E-state index in [-0.39, 0.29) is 24.0 Å². The molecule has 1 aromatic carbocycles. The minimum absolute atomic E-state index is 0. The van der Waals surface area contributed by atoms with E-state index in [1.807, 2.05) is 30.2 Å². The number of benzene rings is 1. The Morgan fingerprint density at radius 1 is 1.33 bits per heavy atom. The molecule has 2 aromatic rings. The second kappa shape index (κ2) is 9.05. The van der Waals surface area contributed by atoms with Crippen LogP contribution in [-0.2, 0) is 6.54 Å². The molecule has 2 atom stereocenters. The molecule has 5 nitrogen and oxygen atoms in total. The minimum atomic E-state index is 0. The van der Waals surface area contributed by atoms with Crippen LogP contribution in [0.5, 0.6) is 0 Å². The number of aliphatic imine (C=N–C) groups is 1. The Balaban J connectivity index is 0.00000208. The fourth-order valence-corrected chi connectivity index (χ4v) is 2.95. The molecule has 1 saturated carbocycles. The molecule has 3 rings (SSSR count). The van der Waals surface area contributed by atoms with Gasteiger partial charge in [-0.15, -0.1) is 24.0 Å². The minimum Gasteiger partial charge on any atom is -0.356 e. The second-order valence-electron chi connectivity index (χ2n) is 6.07. The first-order valence-corrected chi connectivity index (χ1v) is 8.28. The molecular formula is C18H26IN5. The van der Waals surface area contributed by atoms with Gasteiger partial charge in [0.1, 0.15) is 0 Å². The third-order valence-electron chi connectivity index (χ3n) is 4.34. The quantitative estimate of drug-likeness (QED) is 0.315. The number of aryl methyl sites for hydroxylation is 2. The Hall–Kier alpha value is -1.57. The van der Waals surface area contributed by atoms with E-state index in [1.54, 1.807) is 0 Å². The first kappa shape index (κ1) is 18.8. The summed E-state index contributed by atoms with van der Waals surface area (Å²) in [5, 5.41) is 11.1. The third kappa shape index (κ3) is 4.96. The van der Waals surface area contributed by atoms with Gasteiger partial charge < -0.3 is 10.6 Å². The number of hydrogen-bond acceptors (Lipinski definition) is 2. The zero-order chi connectivity index (χ0) is 16.1. The van der Waals surface area contributed by atoms with Gasteiger partial charge in [-0.25, -0.2) is 0 Å². The van der Waals surface area contributed by atoms with Gasteiger partial charge in [0.05, 0.1) is 0 Å². The predicted molar refractivity (Wildman–Crippen MR) is 109 cm³/mol. The first-order valence-electron chi connectivity index (χ1n) is 8.28. The predicted octanol–water partition coefficient (Wildman–Crippen LogP) is 2.92. The van der Waals surface area contributed by atoms with E-state index in [2.05, 4.69) is 51.9 Å². The molecule has 1 heterocycles. The Morgan fingerprint density at radius 2 is 2.17 bits per heavy atom. The summed E-state index contributed by atoms with van der Waals surface area (Å²) in [5.41, 5.74) is 2.84. The van der Waals surface area contributed by atoms with Gasteiger partial charge in [-0.3, -0.25) is 9.67 Å². The van der Waals surface area contributed by atoms with Gasteiger partial charge in [0, 0.05) is 44.5 Å². The highest BCUT2D eigenvalue weighted by Gasteiger charge is 2.39. The SMILES string of the molecule is CN=C(NCCCn1cccn1)NC1CC1c1ccccc1C.I. The van der Waals surface area contributed by atoms with Crippen LogP contribution in [0.3, 0.4) is 0 Å². The number of rotatable bonds is 6. The van der Waals surface area contributed by atoms with Crippen molar-refractivity contribution < 1.29 is 0 Å². The van der Waals surface area contributed by atoms with Gasteiger partial charge >= 0.3 is 0 Å². The van der Waals surface area contributed by atoms with E-state index in [1.165, 1.54) is 17.5 Å². The summed E-state index contributed by atoms with van der Waals surface area (Å²) < 4.78 is 1.95. The highest BCUT2D eigenvalue weighted by molar-refractivity contribution is 14.0. The average molecular weight is 439 g/mol. The summed E-state index contributed by atoms with van der Waals surface area (Å²) in [4.78, 5) is 4.33. The maximum absolute atomic E-state index is 4.33. The van der Waals surface area contributed by atoms with Crippen LogP contribution in [0.2, 0.25) is 0 Å². The first-order chi connectivity index (χ1) is 11.3. The number of nitrogens with one attached hydrogen (secondary N) is 2. The van der Waals surface area contributed by atoms with Crippen LogP contribution in [0.15, 0.2) is 47.7 Å². The monoisotopic (exact) mass is 439 g/mol. The molecule has 0 spiro atoms. The van der Waals surface area contributed by atoms with E-state index in [0.29, 0.717) is 12.0 Å². The zero-order valence-corrected chi connectivity index (χ0v) is 16.6. The average Bonchev–Trinajstić information content (AvgIpc) is 3.12. The molecule has 0 saturated heterocycles. The smallest absolute Gasteiger partial charge is 0.191 e. The van der Waals surface area contributed by atoms with Crippen LogP contribution in [0.1, 0.15) is 29.9 Å². The molecule has 6 heteroatoms. The molecule has 1 fully saturated rings. The van der Waals surface area contributed by atoms with Crippen LogP contribution in [-0.4, -0.2) is 35.4 Å². The fourth-order valence-electron chi connectivity index (χ4n) is 2.95. The molecule has 1 aliphatic carbocycles. The van der Waals surface area contributed by atoms with E-state index < -0.39 is 0 Å². The Kier molecular flexibility index (Phi) is 7.08. The van der Waals surface area contributed by atoms with Gasteiger partial charge in [-0.05, 0) is 37.0 Å². The largest absolute Gasteiger partial charge is 0.356 e. The standard InChI is InChI=1S/C18H25N5.HI/c1-14-7-3-4-8-15(14)16-13-17(16)22-18(19-2)20-9-5-11-23-12-6-10-21-23;/h3-4,6-8,10,12,16-17H,5,9,11,13H2,1-2H3,(H2,19,20,22);1H. The molecule has 0 amide bonds. The topological polar surface area (TPSA) is 54.2 Å². The van der Waals surface area contributed by atoms with Crippen LogP contribution in [0.4, 0.5) is 0 Å². The lowest BCUT2D eigenvalue weighted by molar-refractivity contribution is 0.570. The summed E-state index contributed by atoms with van der Waals surface area (Å²) in [6, 6.07) is 11.1. The van der Waals surface area contributed by atoms with Gasteiger partial charge in [0.25, 0.3) is 0 Å². The lowest BCUT2D eigenvalue weighted by atomic mass is 10.0. The summed E-state index contributed by atoms with van der Waals surface area (Å²) >= 11 is 0. The summed E-state index contributed by atoms with van der Waals surface area (Å²) in [6.07, 6.45) is 6.00. The van der Waals surface area contributed by atoms with Crippen molar-refractivity contribution in [1.82, 2.24) is 20.4 Å². The molecule has 2 N–H and O–H groups in total. The Bertz CT molecular complexity index is 653. The zero-order valence-electron chi connectivity index (χ0n) is 14.3. The number of guanidine groups is 1. The summed E-state index contributed by atoms with van der Waals surface area (Å²) in [7, 11) is 1.83. The van der Waals surface area contributed by atoms with E-state index in [9.17, 15) is 0 Å². The molecule has 0 aliphatic heterocycles. The number of aromatic nitrogens is 2. The van der Waals surface area contributed by atoms with E-state index in [4.69, 9.17) is 0 Å².